The molecule has 2 N–H and O–H groups in total. The largest absolute Gasteiger partial charge is 0.387 e. The van der Waals surface area contributed by atoms with Gasteiger partial charge in [0.1, 0.15) is 0 Å². The van der Waals surface area contributed by atoms with E-state index in [9.17, 15) is 5.11 Å². The molecule has 1 aromatic rings. The summed E-state index contributed by atoms with van der Waals surface area (Å²) in [5.74, 6) is 0. The van der Waals surface area contributed by atoms with Crippen LogP contribution < -0.4 is 5.32 Å². The van der Waals surface area contributed by atoms with Crippen LogP contribution in [0.2, 0.25) is 0 Å². The molecule has 0 bridgehead atoms. The quantitative estimate of drug-likeness (QED) is 0.748. The van der Waals surface area contributed by atoms with E-state index in [2.05, 4.69) is 5.32 Å². The molecular formula is C9H15NOS. The number of aliphatic hydroxyl groups is 1. The van der Waals surface area contributed by atoms with Crippen LogP contribution in [0.25, 0.3) is 0 Å². The van der Waals surface area contributed by atoms with Crippen LogP contribution in [0.15, 0.2) is 11.4 Å². The molecule has 0 amide bonds. The third-order valence-corrected chi connectivity index (χ3v) is 2.71. The molecule has 12 heavy (non-hydrogen) atoms. The number of thiophene rings is 1. The zero-order chi connectivity index (χ0) is 8.97. The predicted molar refractivity (Wildman–Crippen MR) is 52.6 cm³/mol. The third-order valence-electron chi connectivity index (χ3n) is 1.85. The summed E-state index contributed by atoms with van der Waals surface area (Å²) in [6.07, 6.45) is -0.351. The molecule has 2 nitrogen and oxygen atoms in total. The number of aliphatic hydroxyl groups excluding tert-OH is 1. The normalized spacial score (nSPS) is 13.2. The van der Waals surface area contributed by atoms with E-state index < -0.39 is 0 Å². The summed E-state index contributed by atoms with van der Waals surface area (Å²) in [7, 11) is 0. The van der Waals surface area contributed by atoms with Gasteiger partial charge in [0.25, 0.3) is 0 Å². The van der Waals surface area contributed by atoms with Crippen molar-refractivity contribution in [1.29, 1.82) is 0 Å². The first-order valence-corrected chi connectivity index (χ1v) is 5.06. The maximum Gasteiger partial charge on any atom is 0.0924 e. The minimum atomic E-state index is -0.351. The van der Waals surface area contributed by atoms with Crippen LogP contribution >= 0.6 is 11.3 Å². The first-order chi connectivity index (χ1) is 5.75. The average molecular weight is 185 g/mol. The van der Waals surface area contributed by atoms with Gasteiger partial charge in [0, 0.05) is 11.4 Å². The van der Waals surface area contributed by atoms with Gasteiger partial charge in [-0.25, -0.2) is 0 Å². The molecule has 1 atom stereocenters. The lowest BCUT2D eigenvalue weighted by Crippen LogP contribution is -2.20. The summed E-state index contributed by atoms with van der Waals surface area (Å²) in [5.41, 5.74) is 1.06. The van der Waals surface area contributed by atoms with E-state index in [1.165, 1.54) is 4.88 Å². The van der Waals surface area contributed by atoms with E-state index in [0.717, 1.165) is 12.1 Å². The maximum absolute atomic E-state index is 9.67. The van der Waals surface area contributed by atoms with Gasteiger partial charge >= 0.3 is 0 Å². The zero-order valence-electron chi connectivity index (χ0n) is 7.50. The van der Waals surface area contributed by atoms with Crippen molar-refractivity contribution in [2.45, 2.75) is 20.0 Å². The lowest BCUT2D eigenvalue weighted by molar-refractivity contribution is 0.175. The van der Waals surface area contributed by atoms with Crippen molar-refractivity contribution in [3.05, 3.63) is 21.9 Å². The molecule has 0 spiro atoms. The molecule has 0 aromatic carbocycles. The Kier molecular flexibility index (Phi) is 3.72. The molecule has 3 heteroatoms. The molecule has 0 radical (unpaired) electrons. The van der Waals surface area contributed by atoms with Crippen molar-refractivity contribution in [1.82, 2.24) is 5.32 Å². The fourth-order valence-corrected chi connectivity index (χ4v) is 1.89. The van der Waals surface area contributed by atoms with Crippen LogP contribution in [0.3, 0.4) is 0 Å². The van der Waals surface area contributed by atoms with Crippen molar-refractivity contribution in [2.24, 2.45) is 0 Å². The molecular weight excluding hydrogens is 170 g/mol. The summed E-state index contributed by atoms with van der Waals surface area (Å²) in [6, 6.07) is 1.99. The number of aryl methyl sites for hydroxylation is 1. The van der Waals surface area contributed by atoms with Gasteiger partial charge in [-0.15, -0.1) is 11.3 Å². The topological polar surface area (TPSA) is 32.3 Å². The van der Waals surface area contributed by atoms with Crippen LogP contribution in [0, 0.1) is 6.92 Å². The van der Waals surface area contributed by atoms with Crippen LogP contribution in [0.1, 0.15) is 23.5 Å². The van der Waals surface area contributed by atoms with Crippen molar-refractivity contribution >= 4 is 11.3 Å². The Morgan fingerprint density at radius 2 is 2.42 bits per heavy atom. The number of nitrogens with one attached hydrogen (secondary N) is 1. The molecule has 0 aliphatic rings. The van der Waals surface area contributed by atoms with Crippen molar-refractivity contribution in [3.8, 4) is 0 Å². The van der Waals surface area contributed by atoms with Crippen LogP contribution in [-0.2, 0) is 0 Å². The molecule has 1 unspecified atom stereocenters. The van der Waals surface area contributed by atoms with Gasteiger partial charge in [0.15, 0.2) is 0 Å². The van der Waals surface area contributed by atoms with Gasteiger partial charge in [-0.1, -0.05) is 6.92 Å². The van der Waals surface area contributed by atoms with Gasteiger partial charge in [-0.2, -0.15) is 0 Å². The zero-order valence-corrected chi connectivity index (χ0v) is 8.32. The van der Waals surface area contributed by atoms with Gasteiger partial charge in [0.05, 0.1) is 6.10 Å². The van der Waals surface area contributed by atoms with Gasteiger partial charge in [-0.3, -0.25) is 0 Å². The Morgan fingerprint density at radius 1 is 1.67 bits per heavy atom. The van der Waals surface area contributed by atoms with E-state index in [-0.39, 0.29) is 6.10 Å². The third kappa shape index (κ3) is 2.30. The van der Waals surface area contributed by atoms with E-state index in [1.54, 1.807) is 11.3 Å². The van der Waals surface area contributed by atoms with E-state index in [0.29, 0.717) is 6.54 Å². The Bertz CT molecular complexity index is 234. The highest BCUT2D eigenvalue weighted by atomic mass is 32.1. The van der Waals surface area contributed by atoms with Gasteiger partial charge in [0.2, 0.25) is 0 Å². The number of hydrogen-bond acceptors (Lipinski definition) is 3. The molecule has 0 fully saturated rings. The Morgan fingerprint density at radius 3 is 2.92 bits per heavy atom. The molecule has 1 heterocycles. The summed E-state index contributed by atoms with van der Waals surface area (Å²) >= 11 is 1.68. The maximum atomic E-state index is 9.67. The standard InChI is InChI=1S/C9H15NOS/c1-3-10-6-9(11)8-4-5-12-7(8)2/h4-5,9-11H,3,6H2,1-2H3. The van der Waals surface area contributed by atoms with Crippen LogP contribution in [0.4, 0.5) is 0 Å². The lowest BCUT2D eigenvalue weighted by Gasteiger charge is -2.10. The van der Waals surface area contributed by atoms with Crippen molar-refractivity contribution < 1.29 is 5.11 Å². The van der Waals surface area contributed by atoms with Crippen molar-refractivity contribution in [2.75, 3.05) is 13.1 Å². The monoisotopic (exact) mass is 185 g/mol. The number of hydrogen-bond donors (Lipinski definition) is 2. The first kappa shape index (κ1) is 9.71. The van der Waals surface area contributed by atoms with Crippen LogP contribution in [0.5, 0.6) is 0 Å². The SMILES string of the molecule is CCNCC(O)c1ccsc1C. The molecule has 68 valence electrons. The van der Waals surface area contributed by atoms with E-state index >= 15 is 0 Å². The highest BCUT2D eigenvalue weighted by Crippen LogP contribution is 2.21. The smallest absolute Gasteiger partial charge is 0.0924 e. The van der Waals surface area contributed by atoms with E-state index in [4.69, 9.17) is 0 Å². The molecule has 0 saturated heterocycles. The van der Waals surface area contributed by atoms with Gasteiger partial charge < -0.3 is 10.4 Å². The van der Waals surface area contributed by atoms with E-state index in [1.807, 2.05) is 25.3 Å². The fourth-order valence-electron chi connectivity index (χ4n) is 1.13. The second-order valence-corrected chi connectivity index (χ2v) is 3.88. The summed E-state index contributed by atoms with van der Waals surface area (Å²) < 4.78 is 0. The summed E-state index contributed by atoms with van der Waals surface area (Å²) in [4.78, 5) is 1.21. The Labute approximate surface area is 77.2 Å². The predicted octanol–water partition coefficient (Wildman–Crippen LogP) is 1.70. The van der Waals surface area contributed by atoms with Crippen LogP contribution in [-0.4, -0.2) is 18.2 Å². The molecule has 1 rings (SSSR count). The summed E-state index contributed by atoms with van der Waals surface area (Å²) in [6.45, 7) is 5.62. The first-order valence-electron chi connectivity index (χ1n) is 4.18. The number of rotatable bonds is 4. The highest BCUT2D eigenvalue weighted by Gasteiger charge is 2.09. The average Bonchev–Trinajstić information content (AvgIpc) is 2.47. The lowest BCUT2D eigenvalue weighted by atomic mass is 10.1. The van der Waals surface area contributed by atoms with Crippen molar-refractivity contribution in [3.63, 3.8) is 0 Å². The minimum absolute atomic E-state index is 0.351. The Hall–Kier alpha value is -0.380. The molecule has 1 aromatic heterocycles. The highest BCUT2D eigenvalue weighted by molar-refractivity contribution is 7.10. The molecule has 0 aliphatic heterocycles. The molecule has 0 saturated carbocycles. The Balaban J connectivity index is 2.52. The van der Waals surface area contributed by atoms with Gasteiger partial charge in [-0.05, 0) is 30.5 Å². The second kappa shape index (κ2) is 4.60. The number of likely N-dealkylation sites (N-methyl/N-ethyl adjacent to an activating group) is 1. The fraction of sp³-hybridized carbons (Fsp3) is 0.556. The minimum Gasteiger partial charge on any atom is -0.387 e. The molecule has 0 aliphatic carbocycles. The second-order valence-electron chi connectivity index (χ2n) is 2.76. The summed E-state index contributed by atoms with van der Waals surface area (Å²) in [5, 5.41) is 14.8.